The first-order valence-corrected chi connectivity index (χ1v) is 9.33. The first kappa shape index (κ1) is 17.8. The molecule has 0 saturated carbocycles. The number of ether oxygens (including phenoxy) is 1. The average Bonchev–Trinajstić information content (AvgIpc) is 3.02. The number of hydrogen-bond donors (Lipinski definition) is 1. The van der Waals surface area contributed by atoms with Crippen molar-refractivity contribution in [3.63, 3.8) is 0 Å². The van der Waals surface area contributed by atoms with Gasteiger partial charge in [0.1, 0.15) is 6.61 Å². The predicted octanol–water partition coefficient (Wildman–Crippen LogP) is 3.85. The minimum absolute atomic E-state index is 0.0400. The molecule has 0 saturated heterocycles. The lowest BCUT2D eigenvalue weighted by atomic mass is 10.5. The highest BCUT2D eigenvalue weighted by molar-refractivity contribution is 7.55. The van der Waals surface area contributed by atoms with Gasteiger partial charge in [-0.2, -0.15) is 4.98 Å². The second-order valence-corrected chi connectivity index (χ2v) is 6.93. The third kappa shape index (κ3) is 5.24. The van der Waals surface area contributed by atoms with Crippen LogP contribution in [-0.2, 0) is 20.2 Å². The molecule has 0 aliphatic carbocycles. The SMILES string of the molecule is CCOP(=O)(Nc1nc(OCc2cccs2)ncc1F)OCC. The number of nitrogens with zero attached hydrogens (tertiary/aromatic N) is 2. The van der Waals surface area contributed by atoms with Crippen molar-refractivity contribution in [1.29, 1.82) is 0 Å². The Morgan fingerprint density at radius 2 is 2.09 bits per heavy atom. The summed E-state index contributed by atoms with van der Waals surface area (Å²) in [4.78, 5) is 8.59. The first-order valence-electron chi connectivity index (χ1n) is 6.91. The predicted molar refractivity (Wildman–Crippen MR) is 85.1 cm³/mol. The van der Waals surface area contributed by atoms with Crippen LogP contribution in [0, 0.1) is 5.82 Å². The number of hydrogen-bond acceptors (Lipinski definition) is 7. The Labute approximate surface area is 137 Å². The standard InChI is InChI=1S/C13H17FN3O4PS/c1-3-20-22(18,21-4-2)17-12-11(14)8-15-13(16-12)19-9-10-6-5-7-23-10/h5-8H,3-4,9H2,1-2H3,(H,15,16,17,18). The molecule has 0 aromatic carbocycles. The molecule has 0 amide bonds. The molecular weight excluding hydrogens is 344 g/mol. The van der Waals surface area contributed by atoms with Gasteiger partial charge >= 0.3 is 13.8 Å². The molecule has 23 heavy (non-hydrogen) atoms. The van der Waals surface area contributed by atoms with Gasteiger partial charge in [-0.3, -0.25) is 14.1 Å². The number of rotatable bonds is 9. The molecule has 0 spiro atoms. The molecule has 2 aromatic rings. The highest BCUT2D eigenvalue weighted by Crippen LogP contribution is 2.47. The van der Waals surface area contributed by atoms with Gasteiger partial charge in [0, 0.05) is 4.88 Å². The van der Waals surface area contributed by atoms with Gasteiger partial charge in [-0.05, 0) is 25.3 Å². The van der Waals surface area contributed by atoms with E-state index in [1.54, 1.807) is 13.8 Å². The highest BCUT2D eigenvalue weighted by atomic mass is 32.1. The Hall–Kier alpha value is -1.54. The summed E-state index contributed by atoms with van der Waals surface area (Å²) in [6.45, 7) is 3.84. The van der Waals surface area contributed by atoms with Crippen LogP contribution < -0.4 is 9.82 Å². The van der Waals surface area contributed by atoms with Crippen LogP contribution in [0.2, 0.25) is 0 Å². The van der Waals surface area contributed by atoms with Gasteiger partial charge in [-0.25, -0.2) is 13.9 Å². The number of aromatic nitrogens is 2. The Balaban J connectivity index is 2.11. The van der Waals surface area contributed by atoms with Crippen molar-refractivity contribution in [3.05, 3.63) is 34.4 Å². The van der Waals surface area contributed by atoms with E-state index in [1.807, 2.05) is 17.5 Å². The van der Waals surface area contributed by atoms with Crippen molar-refractivity contribution >= 4 is 24.9 Å². The van der Waals surface area contributed by atoms with Gasteiger partial charge in [0.2, 0.25) is 0 Å². The molecule has 0 radical (unpaired) electrons. The van der Waals surface area contributed by atoms with Crippen molar-refractivity contribution in [2.75, 3.05) is 18.3 Å². The second kappa shape index (κ2) is 8.35. The van der Waals surface area contributed by atoms with Gasteiger partial charge in [0.25, 0.3) is 0 Å². The molecule has 2 rings (SSSR count). The summed E-state index contributed by atoms with van der Waals surface area (Å²) < 4.78 is 41.7. The molecule has 0 aliphatic rings. The fraction of sp³-hybridized carbons (Fsp3) is 0.385. The minimum Gasteiger partial charge on any atom is -0.458 e. The summed E-state index contributed by atoms with van der Waals surface area (Å²) >= 11 is 1.52. The van der Waals surface area contributed by atoms with Crippen molar-refractivity contribution < 1.29 is 22.7 Å². The van der Waals surface area contributed by atoms with Crippen LogP contribution in [0.1, 0.15) is 18.7 Å². The van der Waals surface area contributed by atoms with E-state index in [9.17, 15) is 8.96 Å². The van der Waals surface area contributed by atoms with E-state index in [-0.39, 0.29) is 31.6 Å². The van der Waals surface area contributed by atoms with Crippen LogP contribution in [0.5, 0.6) is 6.01 Å². The fourth-order valence-corrected chi connectivity index (χ4v) is 3.52. The smallest absolute Gasteiger partial charge is 0.433 e. The van der Waals surface area contributed by atoms with Gasteiger partial charge in [0.05, 0.1) is 19.4 Å². The molecule has 0 unspecified atom stereocenters. The number of thiophene rings is 1. The van der Waals surface area contributed by atoms with E-state index < -0.39 is 13.6 Å². The summed E-state index contributed by atoms with van der Waals surface area (Å²) in [5.41, 5.74) is 0. The molecule has 7 nitrogen and oxygen atoms in total. The summed E-state index contributed by atoms with van der Waals surface area (Å²) in [7, 11) is -3.69. The Morgan fingerprint density at radius 3 is 2.70 bits per heavy atom. The maximum Gasteiger partial charge on any atom is 0.433 e. The fourth-order valence-electron chi connectivity index (χ4n) is 1.60. The van der Waals surface area contributed by atoms with Crippen molar-refractivity contribution in [2.45, 2.75) is 20.5 Å². The van der Waals surface area contributed by atoms with Crippen molar-refractivity contribution in [2.24, 2.45) is 0 Å². The molecule has 1 N–H and O–H groups in total. The summed E-state index contributed by atoms with van der Waals surface area (Å²) in [5.74, 6) is -1.08. The van der Waals surface area contributed by atoms with Crippen LogP contribution in [0.25, 0.3) is 0 Å². The van der Waals surface area contributed by atoms with E-state index in [2.05, 4.69) is 15.1 Å². The Morgan fingerprint density at radius 1 is 1.35 bits per heavy atom. The summed E-state index contributed by atoms with van der Waals surface area (Å²) in [6, 6.07) is 3.75. The van der Waals surface area contributed by atoms with E-state index in [1.165, 1.54) is 11.3 Å². The van der Waals surface area contributed by atoms with Crippen molar-refractivity contribution in [1.82, 2.24) is 9.97 Å². The lowest BCUT2D eigenvalue weighted by molar-refractivity contribution is 0.224. The monoisotopic (exact) mass is 361 g/mol. The molecule has 0 bridgehead atoms. The maximum atomic E-state index is 13.8. The zero-order valence-electron chi connectivity index (χ0n) is 12.7. The molecule has 2 aromatic heterocycles. The van der Waals surface area contributed by atoms with E-state index in [4.69, 9.17) is 13.8 Å². The van der Waals surface area contributed by atoms with E-state index in [0.29, 0.717) is 0 Å². The highest BCUT2D eigenvalue weighted by Gasteiger charge is 2.26. The quantitative estimate of drug-likeness (QED) is 0.679. The molecule has 2 heterocycles. The normalized spacial score (nSPS) is 11.4. The maximum absolute atomic E-state index is 13.8. The topological polar surface area (TPSA) is 82.6 Å². The number of anilines is 1. The molecule has 126 valence electrons. The summed E-state index contributed by atoms with van der Waals surface area (Å²) in [5, 5.41) is 4.28. The van der Waals surface area contributed by atoms with Crippen LogP contribution in [0.3, 0.4) is 0 Å². The van der Waals surface area contributed by atoms with Gasteiger partial charge in [0.15, 0.2) is 11.6 Å². The van der Waals surface area contributed by atoms with Gasteiger partial charge in [-0.1, -0.05) is 6.07 Å². The zero-order chi connectivity index (χ0) is 16.7. The molecule has 10 heteroatoms. The molecule has 0 aliphatic heterocycles. The number of halogens is 1. The lowest BCUT2D eigenvalue weighted by Gasteiger charge is -2.18. The van der Waals surface area contributed by atoms with Crippen LogP contribution in [-0.4, -0.2) is 23.2 Å². The van der Waals surface area contributed by atoms with Gasteiger partial charge in [-0.15, -0.1) is 11.3 Å². The zero-order valence-corrected chi connectivity index (χ0v) is 14.4. The van der Waals surface area contributed by atoms with Gasteiger partial charge < -0.3 is 4.74 Å². The molecular formula is C13H17FN3O4PS. The van der Waals surface area contributed by atoms with E-state index in [0.717, 1.165) is 11.1 Å². The van der Waals surface area contributed by atoms with Crippen LogP contribution in [0.4, 0.5) is 10.2 Å². The molecule has 0 atom stereocenters. The van der Waals surface area contributed by atoms with Crippen molar-refractivity contribution in [3.8, 4) is 6.01 Å². The first-order chi connectivity index (χ1) is 11.1. The largest absolute Gasteiger partial charge is 0.458 e. The van der Waals surface area contributed by atoms with E-state index >= 15 is 0 Å². The summed E-state index contributed by atoms with van der Waals surface area (Å²) in [6.07, 6.45) is 0.932. The lowest BCUT2D eigenvalue weighted by Crippen LogP contribution is -2.09. The minimum atomic E-state index is -3.69. The second-order valence-electron chi connectivity index (χ2n) is 4.16. The third-order valence-corrected chi connectivity index (χ3v) is 5.02. The Bertz CT molecular complexity index is 661. The third-order valence-electron chi connectivity index (χ3n) is 2.49. The Kier molecular flexibility index (Phi) is 6.47. The molecule has 0 fully saturated rings. The van der Waals surface area contributed by atoms with Crippen LogP contribution >= 0.6 is 19.1 Å². The number of nitrogens with one attached hydrogen (secondary N) is 1. The average molecular weight is 361 g/mol. The van der Waals surface area contributed by atoms with Crippen LogP contribution in [0.15, 0.2) is 23.7 Å².